The normalized spacial score (nSPS) is 16.6. The van der Waals surface area contributed by atoms with Gasteiger partial charge in [0.15, 0.2) is 5.13 Å². The molecule has 1 N–H and O–H groups in total. The second-order valence-corrected chi connectivity index (χ2v) is 6.41. The van der Waals surface area contributed by atoms with Crippen molar-refractivity contribution in [2.45, 2.75) is 32.7 Å². The Hall–Kier alpha value is -0.650. The summed E-state index contributed by atoms with van der Waals surface area (Å²) in [6.45, 7) is 6.89. The molecule has 1 saturated carbocycles. The van der Waals surface area contributed by atoms with Gasteiger partial charge in [-0.05, 0) is 39.7 Å². The second-order valence-electron chi connectivity index (χ2n) is 5.40. The van der Waals surface area contributed by atoms with E-state index in [0.29, 0.717) is 6.04 Å². The number of thiazole rings is 1. The highest BCUT2D eigenvalue weighted by atomic mass is 32.1. The van der Waals surface area contributed by atoms with E-state index < -0.39 is 0 Å². The largest absolute Gasteiger partial charge is 0.379 e. The lowest BCUT2D eigenvalue weighted by atomic mass is 10.2. The lowest BCUT2D eigenvalue weighted by Gasteiger charge is -2.15. The Balaban J connectivity index is 1.81. The molecule has 1 atom stereocenters. The van der Waals surface area contributed by atoms with Crippen LogP contribution in [0.1, 0.15) is 36.4 Å². The Morgan fingerprint density at radius 1 is 1.53 bits per heavy atom. The molecule has 0 saturated heterocycles. The number of ether oxygens (including phenoxy) is 1. The summed E-state index contributed by atoms with van der Waals surface area (Å²) in [4.78, 5) is 8.17. The SMILES string of the molecule is CNC(C)c1sc(N(C)CCOCC2CC2)nc1C. The first-order chi connectivity index (χ1) is 9.11. The lowest BCUT2D eigenvalue weighted by Crippen LogP contribution is -2.22. The molecule has 2 rings (SSSR count). The Morgan fingerprint density at radius 3 is 2.89 bits per heavy atom. The maximum absolute atomic E-state index is 5.68. The van der Waals surface area contributed by atoms with Gasteiger partial charge in [-0.3, -0.25) is 0 Å². The van der Waals surface area contributed by atoms with Gasteiger partial charge in [0.1, 0.15) is 0 Å². The number of hydrogen-bond acceptors (Lipinski definition) is 5. The van der Waals surface area contributed by atoms with Crippen LogP contribution in [0.5, 0.6) is 0 Å². The molecule has 1 heterocycles. The second kappa shape index (κ2) is 6.68. The summed E-state index contributed by atoms with van der Waals surface area (Å²) in [6, 6.07) is 0.366. The van der Waals surface area contributed by atoms with Crippen LogP contribution >= 0.6 is 11.3 Å². The third-order valence-electron chi connectivity index (χ3n) is 3.60. The quantitative estimate of drug-likeness (QED) is 0.744. The summed E-state index contributed by atoms with van der Waals surface area (Å²) in [5.41, 5.74) is 1.13. The van der Waals surface area contributed by atoms with Crippen LogP contribution in [0, 0.1) is 12.8 Å². The van der Waals surface area contributed by atoms with E-state index >= 15 is 0 Å². The number of aromatic nitrogens is 1. The summed E-state index contributed by atoms with van der Waals surface area (Å²) in [7, 11) is 4.07. The van der Waals surface area contributed by atoms with Gasteiger partial charge in [0.2, 0.25) is 0 Å². The average molecular weight is 283 g/mol. The number of nitrogens with one attached hydrogen (secondary N) is 1. The van der Waals surface area contributed by atoms with Crippen LogP contribution in [-0.2, 0) is 4.74 Å². The van der Waals surface area contributed by atoms with Crippen molar-refractivity contribution in [1.82, 2.24) is 10.3 Å². The van der Waals surface area contributed by atoms with Crippen LogP contribution in [0.4, 0.5) is 5.13 Å². The van der Waals surface area contributed by atoms with Gasteiger partial charge in [0.25, 0.3) is 0 Å². The highest BCUT2D eigenvalue weighted by Gasteiger charge is 2.21. The highest BCUT2D eigenvalue weighted by molar-refractivity contribution is 7.15. The molecule has 0 aliphatic heterocycles. The number of aryl methyl sites for hydroxylation is 1. The summed E-state index contributed by atoms with van der Waals surface area (Å²) < 4.78 is 5.68. The first-order valence-electron chi connectivity index (χ1n) is 7.05. The number of anilines is 1. The Morgan fingerprint density at radius 2 is 2.26 bits per heavy atom. The molecule has 0 spiro atoms. The first kappa shape index (κ1) is 14.8. The van der Waals surface area contributed by atoms with Gasteiger partial charge in [-0.2, -0.15) is 0 Å². The minimum Gasteiger partial charge on any atom is -0.379 e. The molecular formula is C14H25N3OS. The molecule has 0 bridgehead atoms. The summed E-state index contributed by atoms with van der Waals surface area (Å²) in [5, 5.41) is 4.36. The zero-order valence-electron chi connectivity index (χ0n) is 12.4. The summed E-state index contributed by atoms with van der Waals surface area (Å²) >= 11 is 1.77. The predicted octanol–water partition coefficient (Wildman–Crippen LogP) is 2.59. The molecule has 1 aliphatic rings. The van der Waals surface area contributed by atoms with E-state index in [0.717, 1.165) is 36.5 Å². The van der Waals surface area contributed by atoms with Crippen molar-refractivity contribution in [1.29, 1.82) is 0 Å². The predicted molar refractivity (Wildman–Crippen MR) is 81.1 cm³/mol. The highest BCUT2D eigenvalue weighted by Crippen LogP contribution is 2.30. The van der Waals surface area contributed by atoms with Crippen LogP contribution in [0.2, 0.25) is 0 Å². The van der Waals surface area contributed by atoms with Crippen LogP contribution in [-0.4, -0.2) is 38.8 Å². The summed E-state index contributed by atoms with van der Waals surface area (Å²) in [5.74, 6) is 0.843. The van der Waals surface area contributed by atoms with Gasteiger partial charge >= 0.3 is 0 Å². The van der Waals surface area contributed by atoms with Gasteiger partial charge in [-0.25, -0.2) is 4.98 Å². The van der Waals surface area contributed by atoms with Crippen molar-refractivity contribution < 1.29 is 4.74 Å². The van der Waals surface area contributed by atoms with Gasteiger partial charge in [0.05, 0.1) is 12.3 Å². The maximum Gasteiger partial charge on any atom is 0.185 e. The molecule has 5 heteroatoms. The van der Waals surface area contributed by atoms with E-state index in [1.165, 1.54) is 17.7 Å². The van der Waals surface area contributed by atoms with Crippen LogP contribution in [0.3, 0.4) is 0 Å². The fraction of sp³-hybridized carbons (Fsp3) is 0.786. The zero-order valence-corrected chi connectivity index (χ0v) is 13.2. The lowest BCUT2D eigenvalue weighted by molar-refractivity contribution is 0.131. The van der Waals surface area contributed by atoms with E-state index in [-0.39, 0.29) is 0 Å². The number of nitrogens with zero attached hydrogens (tertiary/aromatic N) is 2. The molecule has 108 valence electrons. The van der Waals surface area contributed by atoms with E-state index in [2.05, 4.69) is 36.1 Å². The molecule has 0 amide bonds. The standard InChI is InChI=1S/C14H25N3OS/c1-10(15-3)13-11(2)16-14(19-13)17(4)7-8-18-9-12-5-6-12/h10,12,15H,5-9H2,1-4H3. The first-order valence-corrected chi connectivity index (χ1v) is 7.87. The Kier molecular flexibility index (Phi) is 5.19. The fourth-order valence-corrected chi connectivity index (χ4v) is 3.04. The van der Waals surface area contributed by atoms with Gasteiger partial charge in [-0.1, -0.05) is 0 Å². The Labute approximate surface area is 120 Å². The number of hydrogen-bond donors (Lipinski definition) is 1. The van der Waals surface area contributed by atoms with Gasteiger partial charge in [-0.15, -0.1) is 11.3 Å². The number of likely N-dealkylation sites (N-methyl/N-ethyl adjacent to an activating group) is 1. The fourth-order valence-electron chi connectivity index (χ4n) is 1.92. The maximum atomic E-state index is 5.68. The number of rotatable bonds is 8. The van der Waals surface area contributed by atoms with E-state index in [1.54, 1.807) is 11.3 Å². The van der Waals surface area contributed by atoms with E-state index in [1.807, 2.05) is 7.05 Å². The molecule has 1 aromatic heterocycles. The van der Waals surface area contributed by atoms with Crippen molar-refractivity contribution in [2.24, 2.45) is 5.92 Å². The molecule has 0 aromatic carbocycles. The molecule has 19 heavy (non-hydrogen) atoms. The van der Waals surface area contributed by atoms with Gasteiger partial charge < -0.3 is 15.0 Å². The van der Waals surface area contributed by atoms with E-state index in [9.17, 15) is 0 Å². The third-order valence-corrected chi connectivity index (χ3v) is 5.05. The zero-order chi connectivity index (χ0) is 13.8. The molecular weight excluding hydrogens is 258 g/mol. The smallest absolute Gasteiger partial charge is 0.185 e. The van der Waals surface area contributed by atoms with Crippen molar-refractivity contribution in [2.75, 3.05) is 38.8 Å². The molecule has 1 aromatic rings. The third kappa shape index (κ3) is 4.16. The monoisotopic (exact) mass is 283 g/mol. The van der Waals surface area contributed by atoms with Crippen molar-refractivity contribution >= 4 is 16.5 Å². The Bertz CT molecular complexity index is 403. The van der Waals surface area contributed by atoms with Crippen molar-refractivity contribution in [3.05, 3.63) is 10.6 Å². The van der Waals surface area contributed by atoms with Gasteiger partial charge in [0, 0.05) is 31.1 Å². The molecule has 0 radical (unpaired) electrons. The van der Waals surface area contributed by atoms with E-state index in [4.69, 9.17) is 4.74 Å². The topological polar surface area (TPSA) is 37.4 Å². The van der Waals surface area contributed by atoms with Crippen LogP contribution in [0.25, 0.3) is 0 Å². The van der Waals surface area contributed by atoms with Crippen molar-refractivity contribution in [3.8, 4) is 0 Å². The minimum atomic E-state index is 0.366. The molecule has 1 unspecified atom stereocenters. The average Bonchev–Trinajstić information content (AvgIpc) is 3.15. The van der Waals surface area contributed by atoms with Crippen molar-refractivity contribution in [3.63, 3.8) is 0 Å². The minimum absolute atomic E-state index is 0.366. The van der Waals surface area contributed by atoms with Crippen LogP contribution < -0.4 is 10.2 Å². The molecule has 1 aliphatic carbocycles. The van der Waals surface area contributed by atoms with Crippen LogP contribution in [0.15, 0.2) is 0 Å². The molecule has 1 fully saturated rings. The summed E-state index contributed by atoms with van der Waals surface area (Å²) in [6.07, 6.45) is 2.71. The molecule has 4 nitrogen and oxygen atoms in total.